The molecule has 4 unspecified atom stereocenters. The van der Waals surface area contributed by atoms with Gasteiger partial charge in [-0.25, -0.2) is 0 Å². The molecule has 1 aromatic rings. The van der Waals surface area contributed by atoms with Gasteiger partial charge in [-0.05, 0) is 37.7 Å². The molecule has 0 spiro atoms. The maximum Gasteiger partial charge on any atom is 0.227 e. The van der Waals surface area contributed by atoms with Gasteiger partial charge in [-0.3, -0.25) is 4.79 Å². The zero-order chi connectivity index (χ0) is 15.5. The number of likely N-dealkylation sites (tertiary alicyclic amines) is 1. The molecular formula is C18H27ClN2O2. The van der Waals surface area contributed by atoms with Crippen LogP contribution in [0.1, 0.15) is 50.2 Å². The molecule has 4 nitrogen and oxygen atoms in total. The average Bonchev–Trinajstić information content (AvgIpc) is 3.16. The Labute approximate surface area is 144 Å². The average molecular weight is 339 g/mol. The van der Waals surface area contributed by atoms with Crippen LogP contribution >= 0.6 is 12.4 Å². The molecule has 2 aliphatic rings. The van der Waals surface area contributed by atoms with Gasteiger partial charge >= 0.3 is 0 Å². The molecule has 128 valence electrons. The number of aliphatic hydroxyl groups excluding tert-OH is 1. The first kappa shape index (κ1) is 18.2. The van der Waals surface area contributed by atoms with E-state index in [0.717, 1.165) is 44.2 Å². The van der Waals surface area contributed by atoms with E-state index in [2.05, 4.69) is 0 Å². The summed E-state index contributed by atoms with van der Waals surface area (Å²) in [6.07, 6.45) is 5.07. The summed E-state index contributed by atoms with van der Waals surface area (Å²) in [6, 6.07) is 9.88. The number of rotatable bonds is 4. The maximum atomic E-state index is 12.8. The van der Waals surface area contributed by atoms with Crippen molar-refractivity contribution in [2.45, 2.75) is 56.7 Å². The van der Waals surface area contributed by atoms with E-state index in [0.29, 0.717) is 6.42 Å². The number of aliphatic hydroxyl groups is 1. The number of carbonyl (C=O) groups is 1. The number of amides is 1. The maximum absolute atomic E-state index is 12.8. The smallest absolute Gasteiger partial charge is 0.227 e. The van der Waals surface area contributed by atoms with E-state index in [-0.39, 0.29) is 36.3 Å². The highest BCUT2D eigenvalue weighted by Gasteiger charge is 2.38. The first-order valence-electron chi connectivity index (χ1n) is 8.46. The van der Waals surface area contributed by atoms with E-state index in [1.807, 2.05) is 35.2 Å². The number of nitrogens with zero attached hydrogens (tertiary/aromatic N) is 1. The molecule has 3 rings (SSSR count). The largest absolute Gasteiger partial charge is 0.388 e. The second-order valence-corrected chi connectivity index (χ2v) is 6.69. The van der Waals surface area contributed by atoms with Gasteiger partial charge in [-0.15, -0.1) is 12.4 Å². The lowest BCUT2D eigenvalue weighted by Crippen LogP contribution is -2.44. The minimum atomic E-state index is -0.503. The molecule has 1 aliphatic heterocycles. The summed E-state index contributed by atoms with van der Waals surface area (Å²) in [4.78, 5) is 14.7. The van der Waals surface area contributed by atoms with Gasteiger partial charge in [0, 0.05) is 18.6 Å². The standard InChI is InChI=1S/C18H26N2O2.ClH/c19-16-10-4-9-15(16)18(22)20-11-5-8-14(20)12-17(21)13-6-2-1-3-7-13;/h1-3,6-7,14-17,21H,4-5,8-12,19H2;1H. The van der Waals surface area contributed by atoms with E-state index >= 15 is 0 Å². The van der Waals surface area contributed by atoms with Gasteiger partial charge < -0.3 is 15.7 Å². The number of halogens is 1. The number of nitrogens with two attached hydrogens (primary N) is 1. The molecule has 1 aliphatic carbocycles. The molecule has 0 radical (unpaired) electrons. The molecule has 0 bridgehead atoms. The fourth-order valence-electron chi connectivity index (χ4n) is 3.95. The summed E-state index contributed by atoms with van der Waals surface area (Å²) >= 11 is 0. The van der Waals surface area contributed by atoms with Gasteiger partial charge in [-0.1, -0.05) is 36.8 Å². The fourth-order valence-corrected chi connectivity index (χ4v) is 3.95. The van der Waals surface area contributed by atoms with Gasteiger partial charge in [0.25, 0.3) is 0 Å². The van der Waals surface area contributed by atoms with E-state index in [1.165, 1.54) is 0 Å². The monoisotopic (exact) mass is 338 g/mol. The van der Waals surface area contributed by atoms with E-state index in [9.17, 15) is 9.90 Å². The van der Waals surface area contributed by atoms with E-state index < -0.39 is 6.10 Å². The highest BCUT2D eigenvalue weighted by atomic mass is 35.5. The Hall–Kier alpha value is -1.10. The van der Waals surface area contributed by atoms with Gasteiger partial charge in [0.1, 0.15) is 0 Å². The molecule has 2 fully saturated rings. The van der Waals surface area contributed by atoms with Gasteiger partial charge in [0.2, 0.25) is 5.91 Å². The normalized spacial score (nSPS) is 28.4. The molecule has 5 heteroatoms. The molecule has 0 aromatic heterocycles. The van der Waals surface area contributed by atoms with Crippen molar-refractivity contribution in [3.05, 3.63) is 35.9 Å². The van der Waals surface area contributed by atoms with Crippen LogP contribution in [0, 0.1) is 5.92 Å². The molecule has 1 heterocycles. The van der Waals surface area contributed by atoms with Crippen molar-refractivity contribution in [3.63, 3.8) is 0 Å². The second-order valence-electron chi connectivity index (χ2n) is 6.69. The van der Waals surface area contributed by atoms with Gasteiger partial charge in [0.15, 0.2) is 0 Å². The molecule has 4 atom stereocenters. The summed E-state index contributed by atoms with van der Waals surface area (Å²) in [6.45, 7) is 0.814. The van der Waals surface area contributed by atoms with Crippen molar-refractivity contribution in [1.29, 1.82) is 0 Å². The van der Waals surface area contributed by atoms with Crippen LogP contribution in [0.5, 0.6) is 0 Å². The Morgan fingerprint density at radius 2 is 1.96 bits per heavy atom. The number of hydrogen-bond acceptors (Lipinski definition) is 3. The summed E-state index contributed by atoms with van der Waals surface area (Å²) in [5.74, 6) is 0.210. The zero-order valence-electron chi connectivity index (χ0n) is 13.4. The van der Waals surface area contributed by atoms with E-state index in [1.54, 1.807) is 0 Å². The van der Waals surface area contributed by atoms with Crippen LogP contribution in [-0.4, -0.2) is 34.5 Å². The predicted molar refractivity (Wildman–Crippen MR) is 93.3 cm³/mol. The van der Waals surface area contributed by atoms with Crippen LogP contribution in [0.2, 0.25) is 0 Å². The number of benzene rings is 1. The lowest BCUT2D eigenvalue weighted by atomic mass is 9.98. The SMILES string of the molecule is Cl.NC1CCCC1C(=O)N1CCCC1CC(O)c1ccccc1. The van der Waals surface area contributed by atoms with Crippen molar-refractivity contribution in [2.75, 3.05) is 6.54 Å². The van der Waals surface area contributed by atoms with Crippen molar-refractivity contribution in [3.8, 4) is 0 Å². The fraction of sp³-hybridized carbons (Fsp3) is 0.611. The quantitative estimate of drug-likeness (QED) is 0.887. The predicted octanol–water partition coefficient (Wildman–Crippen LogP) is 2.65. The summed E-state index contributed by atoms with van der Waals surface area (Å²) in [5, 5.41) is 10.4. The number of carbonyl (C=O) groups excluding carboxylic acids is 1. The second kappa shape index (κ2) is 8.13. The molecule has 1 saturated heterocycles. The zero-order valence-corrected chi connectivity index (χ0v) is 14.3. The summed E-state index contributed by atoms with van der Waals surface area (Å²) in [5.41, 5.74) is 7.02. The molecule has 1 amide bonds. The molecule has 1 aromatic carbocycles. The minimum absolute atomic E-state index is 0. The summed E-state index contributed by atoms with van der Waals surface area (Å²) in [7, 11) is 0. The Morgan fingerprint density at radius 3 is 2.61 bits per heavy atom. The van der Waals surface area contributed by atoms with Crippen LogP contribution < -0.4 is 5.73 Å². The lowest BCUT2D eigenvalue weighted by molar-refractivity contribution is -0.137. The Kier molecular flexibility index (Phi) is 6.45. The summed E-state index contributed by atoms with van der Waals surface area (Å²) < 4.78 is 0. The van der Waals surface area contributed by atoms with Crippen LogP contribution in [-0.2, 0) is 4.79 Å². The third kappa shape index (κ3) is 4.06. The van der Waals surface area contributed by atoms with Crippen LogP contribution in [0.15, 0.2) is 30.3 Å². The molecule has 1 saturated carbocycles. The molecular weight excluding hydrogens is 312 g/mol. The van der Waals surface area contributed by atoms with Crippen molar-refractivity contribution >= 4 is 18.3 Å². The first-order chi connectivity index (χ1) is 10.7. The Bertz CT molecular complexity index is 511. The first-order valence-corrected chi connectivity index (χ1v) is 8.46. The van der Waals surface area contributed by atoms with Crippen LogP contribution in [0.3, 0.4) is 0 Å². The van der Waals surface area contributed by atoms with Gasteiger partial charge in [0.05, 0.1) is 12.0 Å². The molecule has 3 N–H and O–H groups in total. The topological polar surface area (TPSA) is 66.6 Å². The van der Waals surface area contributed by atoms with Crippen molar-refractivity contribution < 1.29 is 9.90 Å². The van der Waals surface area contributed by atoms with Crippen LogP contribution in [0.25, 0.3) is 0 Å². The lowest BCUT2D eigenvalue weighted by Gasteiger charge is -2.30. The Morgan fingerprint density at radius 1 is 1.22 bits per heavy atom. The minimum Gasteiger partial charge on any atom is -0.388 e. The van der Waals surface area contributed by atoms with Crippen LogP contribution in [0.4, 0.5) is 0 Å². The molecule has 23 heavy (non-hydrogen) atoms. The highest BCUT2D eigenvalue weighted by molar-refractivity contribution is 5.85. The van der Waals surface area contributed by atoms with Gasteiger partial charge in [-0.2, -0.15) is 0 Å². The van der Waals surface area contributed by atoms with E-state index in [4.69, 9.17) is 5.73 Å². The van der Waals surface area contributed by atoms with Crippen molar-refractivity contribution in [1.82, 2.24) is 4.90 Å². The number of hydrogen-bond donors (Lipinski definition) is 2. The van der Waals surface area contributed by atoms with Crippen molar-refractivity contribution in [2.24, 2.45) is 11.7 Å². The Balaban J connectivity index is 0.00000192. The highest BCUT2D eigenvalue weighted by Crippen LogP contribution is 2.32. The third-order valence-corrected chi connectivity index (χ3v) is 5.23. The third-order valence-electron chi connectivity index (χ3n) is 5.23.